The standard InChI is InChI=1S/C15H18FNO/c1-11-8-12(10-18)6-7-13(11)9-17-15-5-3-2-4-14(15)16/h2-7,11,17-18H,8-10H2,1H3. The third-order valence-electron chi connectivity index (χ3n) is 3.29. The highest BCUT2D eigenvalue weighted by Crippen LogP contribution is 2.25. The molecule has 1 aromatic rings. The van der Waals surface area contributed by atoms with Crippen molar-refractivity contribution in [2.24, 2.45) is 5.92 Å². The van der Waals surface area contributed by atoms with Gasteiger partial charge in [-0.05, 0) is 35.6 Å². The first-order chi connectivity index (χ1) is 8.70. The number of halogens is 1. The maximum absolute atomic E-state index is 13.4. The zero-order valence-corrected chi connectivity index (χ0v) is 10.5. The topological polar surface area (TPSA) is 32.3 Å². The number of rotatable bonds is 4. The molecule has 1 unspecified atom stereocenters. The number of aliphatic hydroxyl groups is 1. The van der Waals surface area contributed by atoms with Gasteiger partial charge in [-0.1, -0.05) is 31.2 Å². The van der Waals surface area contributed by atoms with Gasteiger partial charge in [0, 0.05) is 6.54 Å². The van der Waals surface area contributed by atoms with E-state index in [4.69, 9.17) is 5.11 Å². The van der Waals surface area contributed by atoms with Crippen molar-refractivity contribution < 1.29 is 9.50 Å². The van der Waals surface area contributed by atoms with Crippen LogP contribution in [-0.4, -0.2) is 18.3 Å². The first-order valence-corrected chi connectivity index (χ1v) is 6.18. The van der Waals surface area contributed by atoms with Gasteiger partial charge in [0.05, 0.1) is 12.3 Å². The normalized spacial score (nSPS) is 19.2. The molecule has 0 aromatic heterocycles. The smallest absolute Gasteiger partial charge is 0.146 e. The van der Waals surface area contributed by atoms with Crippen molar-refractivity contribution in [1.82, 2.24) is 0 Å². The molecule has 1 aromatic carbocycles. The van der Waals surface area contributed by atoms with Gasteiger partial charge in [-0.2, -0.15) is 0 Å². The lowest BCUT2D eigenvalue weighted by molar-refractivity contribution is 0.322. The van der Waals surface area contributed by atoms with Gasteiger partial charge in [-0.25, -0.2) is 4.39 Å². The Morgan fingerprint density at radius 1 is 1.33 bits per heavy atom. The van der Waals surface area contributed by atoms with E-state index in [1.165, 1.54) is 11.6 Å². The van der Waals surface area contributed by atoms with Crippen LogP contribution in [0.4, 0.5) is 10.1 Å². The Labute approximate surface area is 107 Å². The molecule has 18 heavy (non-hydrogen) atoms. The van der Waals surface area contributed by atoms with Crippen LogP contribution in [0.1, 0.15) is 13.3 Å². The molecule has 2 nitrogen and oxygen atoms in total. The maximum Gasteiger partial charge on any atom is 0.146 e. The second kappa shape index (κ2) is 5.83. The molecule has 2 rings (SSSR count). The molecule has 0 spiro atoms. The van der Waals surface area contributed by atoms with E-state index in [9.17, 15) is 4.39 Å². The van der Waals surface area contributed by atoms with E-state index in [1.54, 1.807) is 12.1 Å². The van der Waals surface area contributed by atoms with Crippen LogP contribution in [0.5, 0.6) is 0 Å². The van der Waals surface area contributed by atoms with Crippen LogP contribution < -0.4 is 5.32 Å². The van der Waals surface area contributed by atoms with E-state index in [0.29, 0.717) is 18.2 Å². The fraction of sp³-hybridized carbons (Fsp3) is 0.333. The van der Waals surface area contributed by atoms with E-state index in [-0.39, 0.29) is 12.4 Å². The van der Waals surface area contributed by atoms with Crippen LogP contribution in [0.2, 0.25) is 0 Å². The number of hydrogen-bond donors (Lipinski definition) is 2. The van der Waals surface area contributed by atoms with Gasteiger partial charge < -0.3 is 10.4 Å². The second-order valence-corrected chi connectivity index (χ2v) is 4.66. The zero-order valence-electron chi connectivity index (χ0n) is 10.5. The third kappa shape index (κ3) is 2.99. The summed E-state index contributed by atoms with van der Waals surface area (Å²) in [6.45, 7) is 2.88. The first-order valence-electron chi connectivity index (χ1n) is 6.18. The molecule has 3 heteroatoms. The fourth-order valence-corrected chi connectivity index (χ4v) is 2.13. The number of para-hydroxylation sites is 1. The molecule has 0 radical (unpaired) electrons. The van der Waals surface area contributed by atoms with Gasteiger partial charge in [-0.15, -0.1) is 0 Å². The summed E-state index contributed by atoms with van der Waals surface area (Å²) < 4.78 is 13.4. The average molecular weight is 247 g/mol. The number of benzene rings is 1. The predicted molar refractivity (Wildman–Crippen MR) is 71.9 cm³/mol. The molecule has 1 aliphatic rings. The third-order valence-corrected chi connectivity index (χ3v) is 3.29. The maximum atomic E-state index is 13.4. The van der Waals surface area contributed by atoms with E-state index in [0.717, 1.165) is 12.0 Å². The number of allylic oxidation sites excluding steroid dienone is 2. The summed E-state index contributed by atoms with van der Waals surface area (Å²) >= 11 is 0. The molecule has 0 saturated heterocycles. The van der Waals surface area contributed by atoms with E-state index < -0.39 is 0 Å². The number of hydrogen-bond acceptors (Lipinski definition) is 2. The van der Waals surface area contributed by atoms with Crippen molar-refractivity contribution >= 4 is 5.69 Å². The average Bonchev–Trinajstić information content (AvgIpc) is 2.39. The molecule has 0 fully saturated rings. The Bertz CT molecular complexity index is 479. The highest BCUT2D eigenvalue weighted by Gasteiger charge is 2.14. The van der Waals surface area contributed by atoms with Gasteiger partial charge >= 0.3 is 0 Å². The van der Waals surface area contributed by atoms with Crippen molar-refractivity contribution in [2.75, 3.05) is 18.5 Å². The molecule has 2 N–H and O–H groups in total. The molecule has 0 bridgehead atoms. The van der Waals surface area contributed by atoms with Crippen LogP contribution in [0, 0.1) is 11.7 Å². The molecule has 0 heterocycles. The Hall–Kier alpha value is -1.61. The van der Waals surface area contributed by atoms with Crippen molar-refractivity contribution in [2.45, 2.75) is 13.3 Å². The number of nitrogens with one attached hydrogen (secondary N) is 1. The lowest BCUT2D eigenvalue weighted by atomic mass is 9.88. The summed E-state index contributed by atoms with van der Waals surface area (Å²) in [6, 6.07) is 6.68. The second-order valence-electron chi connectivity index (χ2n) is 4.66. The Morgan fingerprint density at radius 2 is 2.11 bits per heavy atom. The van der Waals surface area contributed by atoms with Crippen LogP contribution in [0.25, 0.3) is 0 Å². The van der Waals surface area contributed by atoms with Crippen LogP contribution in [0.15, 0.2) is 47.6 Å². The first kappa shape index (κ1) is 12.8. The summed E-state index contributed by atoms with van der Waals surface area (Å²) in [5, 5.41) is 12.2. The largest absolute Gasteiger partial charge is 0.392 e. The van der Waals surface area contributed by atoms with Gasteiger partial charge in [0.15, 0.2) is 0 Å². The van der Waals surface area contributed by atoms with Crippen molar-refractivity contribution in [1.29, 1.82) is 0 Å². The van der Waals surface area contributed by atoms with Gasteiger partial charge in [-0.3, -0.25) is 0 Å². The fourth-order valence-electron chi connectivity index (χ4n) is 2.13. The molecule has 0 aliphatic heterocycles. The highest BCUT2D eigenvalue weighted by atomic mass is 19.1. The summed E-state index contributed by atoms with van der Waals surface area (Å²) in [4.78, 5) is 0. The molecule has 0 saturated carbocycles. The molecule has 96 valence electrons. The molecule has 0 amide bonds. The number of anilines is 1. The quantitative estimate of drug-likeness (QED) is 0.856. The molecular formula is C15H18FNO. The monoisotopic (exact) mass is 247 g/mol. The van der Waals surface area contributed by atoms with Crippen molar-refractivity contribution in [3.05, 3.63) is 53.4 Å². The summed E-state index contributed by atoms with van der Waals surface area (Å²) in [5.41, 5.74) is 2.81. The van der Waals surface area contributed by atoms with Crippen LogP contribution in [-0.2, 0) is 0 Å². The van der Waals surface area contributed by atoms with Crippen molar-refractivity contribution in [3.63, 3.8) is 0 Å². The lowest BCUT2D eigenvalue weighted by Crippen LogP contribution is -2.15. The summed E-state index contributed by atoms with van der Waals surface area (Å²) in [5.74, 6) is 0.157. The Morgan fingerprint density at radius 3 is 2.78 bits per heavy atom. The van der Waals surface area contributed by atoms with Gasteiger partial charge in [0.2, 0.25) is 0 Å². The predicted octanol–water partition coefficient (Wildman–Crippen LogP) is 3.12. The zero-order chi connectivity index (χ0) is 13.0. The summed E-state index contributed by atoms with van der Waals surface area (Å²) in [7, 11) is 0. The van der Waals surface area contributed by atoms with Crippen LogP contribution in [0.3, 0.4) is 0 Å². The lowest BCUT2D eigenvalue weighted by Gasteiger charge is -2.21. The minimum absolute atomic E-state index is 0.120. The SMILES string of the molecule is CC1CC(CO)=CC=C1CNc1ccccc1F. The number of aliphatic hydroxyl groups excluding tert-OH is 1. The molecule has 1 aliphatic carbocycles. The van der Waals surface area contributed by atoms with E-state index >= 15 is 0 Å². The van der Waals surface area contributed by atoms with Gasteiger partial charge in [0.25, 0.3) is 0 Å². The minimum atomic E-state index is -0.229. The Kier molecular flexibility index (Phi) is 4.15. The minimum Gasteiger partial charge on any atom is -0.392 e. The Balaban J connectivity index is 2.01. The van der Waals surface area contributed by atoms with E-state index in [2.05, 4.69) is 12.2 Å². The van der Waals surface area contributed by atoms with Gasteiger partial charge in [0.1, 0.15) is 5.82 Å². The summed E-state index contributed by atoms with van der Waals surface area (Å²) in [6.07, 6.45) is 4.85. The highest BCUT2D eigenvalue weighted by molar-refractivity contribution is 5.46. The van der Waals surface area contributed by atoms with E-state index in [1.807, 2.05) is 18.2 Å². The molecule has 1 atom stereocenters. The molecular weight excluding hydrogens is 229 g/mol. The van der Waals surface area contributed by atoms with Crippen molar-refractivity contribution in [3.8, 4) is 0 Å². The van der Waals surface area contributed by atoms with Crippen LogP contribution >= 0.6 is 0 Å².